The van der Waals surface area contributed by atoms with Crippen LogP contribution in [0.4, 0.5) is 4.39 Å². The van der Waals surface area contributed by atoms with Crippen LogP contribution in [-0.4, -0.2) is 50.7 Å². The molecular formula is C20H24FN3O3S. The lowest BCUT2D eigenvalue weighted by atomic mass is 10.0. The number of amides is 1. The molecule has 0 spiro atoms. The zero-order chi connectivity index (χ0) is 20.3. The topological polar surface area (TPSA) is 69.7 Å². The average molecular weight is 405 g/mol. The molecule has 2 aromatic rings. The molecule has 1 saturated heterocycles. The lowest BCUT2D eigenvalue weighted by molar-refractivity contribution is -0.128. The van der Waals surface area contributed by atoms with E-state index in [1.54, 1.807) is 0 Å². The molecule has 8 heteroatoms. The van der Waals surface area contributed by atoms with Crippen LogP contribution < -0.4 is 5.32 Å². The van der Waals surface area contributed by atoms with Gasteiger partial charge < -0.3 is 10.2 Å². The third-order valence-corrected chi connectivity index (χ3v) is 6.50. The Kier molecular flexibility index (Phi) is 6.12. The first-order valence-corrected chi connectivity index (χ1v) is 10.5. The zero-order valence-electron chi connectivity index (χ0n) is 15.9. The van der Waals surface area contributed by atoms with Crippen molar-refractivity contribution in [3.8, 4) is 0 Å². The van der Waals surface area contributed by atoms with Crippen LogP contribution in [0.3, 0.4) is 0 Å². The van der Waals surface area contributed by atoms with Crippen molar-refractivity contribution in [2.24, 2.45) is 5.92 Å². The quantitative estimate of drug-likeness (QED) is 0.763. The van der Waals surface area contributed by atoms with E-state index in [1.165, 1.54) is 22.0 Å². The number of hydrogen-bond acceptors (Lipinski definition) is 4. The molecule has 0 unspecified atom stereocenters. The third-order valence-electron chi connectivity index (χ3n) is 4.66. The zero-order valence-corrected chi connectivity index (χ0v) is 16.7. The van der Waals surface area contributed by atoms with Gasteiger partial charge in [-0.25, -0.2) is 12.8 Å². The van der Waals surface area contributed by atoms with Crippen molar-refractivity contribution in [3.05, 3.63) is 65.5 Å². The molecule has 1 fully saturated rings. The van der Waals surface area contributed by atoms with Gasteiger partial charge in [-0.1, -0.05) is 24.3 Å². The number of nitrogens with zero attached hydrogens (tertiary/aromatic N) is 2. The first-order chi connectivity index (χ1) is 13.3. The van der Waals surface area contributed by atoms with Gasteiger partial charge in [0.05, 0.1) is 10.8 Å². The fraction of sp³-hybridized carbons (Fsp3) is 0.350. The molecule has 1 aliphatic rings. The minimum atomic E-state index is -3.68. The van der Waals surface area contributed by atoms with Gasteiger partial charge in [0.15, 0.2) is 0 Å². The molecule has 1 N–H and O–H groups in total. The molecule has 0 bridgehead atoms. The molecule has 2 aromatic carbocycles. The van der Waals surface area contributed by atoms with Crippen LogP contribution in [0.1, 0.15) is 11.1 Å². The Hall–Kier alpha value is -2.29. The van der Waals surface area contributed by atoms with Gasteiger partial charge in [-0.15, -0.1) is 0 Å². The molecule has 1 aliphatic heterocycles. The van der Waals surface area contributed by atoms with Gasteiger partial charge in [-0.05, 0) is 49.5 Å². The Morgan fingerprint density at radius 3 is 2.21 bits per heavy atom. The first kappa shape index (κ1) is 20.4. The normalized spacial score (nSPS) is 15.4. The van der Waals surface area contributed by atoms with Crippen molar-refractivity contribution in [1.82, 2.24) is 14.5 Å². The summed E-state index contributed by atoms with van der Waals surface area (Å²) in [5, 5.41) is 2.86. The summed E-state index contributed by atoms with van der Waals surface area (Å²) in [5.74, 6) is -1.03. The van der Waals surface area contributed by atoms with Crippen LogP contribution in [-0.2, 0) is 27.9 Å². The SMILES string of the molecule is CN(C)Cc1ccc(CNC(=O)C2CN(S(=O)(=O)c3ccc(F)cc3)C2)cc1. The van der Waals surface area contributed by atoms with Gasteiger partial charge in [-0.3, -0.25) is 4.79 Å². The number of carbonyl (C=O) groups is 1. The van der Waals surface area contributed by atoms with Gasteiger partial charge in [0, 0.05) is 26.2 Å². The van der Waals surface area contributed by atoms with E-state index in [-0.39, 0.29) is 29.8 Å². The van der Waals surface area contributed by atoms with Crippen molar-refractivity contribution in [1.29, 1.82) is 0 Å². The first-order valence-electron chi connectivity index (χ1n) is 9.01. The third kappa shape index (κ3) is 4.76. The summed E-state index contributed by atoms with van der Waals surface area (Å²) in [7, 11) is 0.328. The Labute approximate surface area is 165 Å². The van der Waals surface area contributed by atoms with Crippen LogP contribution in [0.15, 0.2) is 53.4 Å². The van der Waals surface area contributed by atoms with Crippen molar-refractivity contribution in [2.45, 2.75) is 18.0 Å². The standard InChI is InChI=1S/C20H24FN3O3S/c1-23(2)12-16-5-3-15(4-6-16)11-22-20(25)17-13-24(14-17)28(26,27)19-9-7-18(21)8-10-19/h3-10,17H,11-14H2,1-2H3,(H,22,25). The molecular weight excluding hydrogens is 381 g/mol. The number of halogens is 1. The summed E-state index contributed by atoms with van der Waals surface area (Å²) in [4.78, 5) is 14.4. The molecule has 28 heavy (non-hydrogen) atoms. The van der Waals surface area contributed by atoms with Crippen LogP contribution in [0.25, 0.3) is 0 Å². The highest BCUT2D eigenvalue weighted by atomic mass is 32.2. The largest absolute Gasteiger partial charge is 0.352 e. The molecule has 0 saturated carbocycles. The van der Waals surface area contributed by atoms with E-state index in [0.29, 0.717) is 6.54 Å². The molecule has 150 valence electrons. The van der Waals surface area contributed by atoms with Gasteiger partial charge in [0.2, 0.25) is 15.9 Å². The lowest BCUT2D eigenvalue weighted by Gasteiger charge is -2.37. The molecule has 0 atom stereocenters. The molecule has 0 aliphatic carbocycles. The fourth-order valence-corrected chi connectivity index (χ4v) is 4.55. The average Bonchev–Trinajstić information content (AvgIpc) is 2.59. The minimum Gasteiger partial charge on any atom is -0.352 e. The second-order valence-corrected chi connectivity index (χ2v) is 9.18. The van der Waals surface area contributed by atoms with E-state index in [9.17, 15) is 17.6 Å². The van der Waals surface area contributed by atoms with Crippen molar-refractivity contribution < 1.29 is 17.6 Å². The van der Waals surface area contributed by atoms with Crippen LogP contribution in [0, 0.1) is 11.7 Å². The van der Waals surface area contributed by atoms with Gasteiger partial charge >= 0.3 is 0 Å². The Morgan fingerprint density at radius 2 is 1.64 bits per heavy atom. The number of nitrogens with one attached hydrogen (secondary N) is 1. The fourth-order valence-electron chi connectivity index (χ4n) is 3.02. The summed E-state index contributed by atoms with van der Waals surface area (Å²) in [6.45, 7) is 1.52. The number of sulfonamides is 1. The van der Waals surface area contributed by atoms with Gasteiger partial charge in [0.1, 0.15) is 5.82 Å². The smallest absolute Gasteiger partial charge is 0.243 e. The highest BCUT2D eigenvalue weighted by Crippen LogP contribution is 2.25. The molecule has 6 nitrogen and oxygen atoms in total. The number of carbonyl (C=O) groups excluding carboxylic acids is 1. The highest BCUT2D eigenvalue weighted by molar-refractivity contribution is 7.89. The van der Waals surface area contributed by atoms with Crippen LogP contribution in [0.5, 0.6) is 0 Å². The van der Waals surface area contributed by atoms with Crippen molar-refractivity contribution in [2.75, 3.05) is 27.2 Å². The van der Waals surface area contributed by atoms with E-state index < -0.39 is 15.8 Å². The Bertz CT molecular complexity index is 922. The second kappa shape index (κ2) is 8.38. The van der Waals surface area contributed by atoms with E-state index in [4.69, 9.17) is 0 Å². The molecule has 1 amide bonds. The number of rotatable bonds is 7. The Balaban J connectivity index is 1.49. The predicted octanol–water partition coefficient (Wildman–Crippen LogP) is 1.82. The summed E-state index contributed by atoms with van der Waals surface area (Å²) < 4.78 is 39.1. The minimum absolute atomic E-state index is 0.0329. The molecule has 3 rings (SSSR count). The van der Waals surface area contributed by atoms with Crippen LogP contribution >= 0.6 is 0 Å². The maximum absolute atomic E-state index is 13.0. The van der Waals surface area contributed by atoms with Gasteiger partial charge in [0.25, 0.3) is 0 Å². The van der Waals surface area contributed by atoms with Crippen molar-refractivity contribution in [3.63, 3.8) is 0 Å². The van der Waals surface area contributed by atoms with E-state index in [1.807, 2.05) is 38.4 Å². The maximum atomic E-state index is 13.0. The summed E-state index contributed by atoms with van der Waals surface area (Å²) in [6.07, 6.45) is 0. The Morgan fingerprint density at radius 1 is 1.07 bits per heavy atom. The second-order valence-electron chi connectivity index (χ2n) is 7.24. The van der Waals surface area contributed by atoms with E-state index >= 15 is 0 Å². The monoisotopic (exact) mass is 405 g/mol. The summed E-state index contributed by atoms with van der Waals surface area (Å²) >= 11 is 0. The number of hydrogen-bond donors (Lipinski definition) is 1. The molecule has 1 heterocycles. The summed E-state index contributed by atoms with van der Waals surface area (Å²) in [6, 6.07) is 12.7. The van der Waals surface area contributed by atoms with Crippen molar-refractivity contribution >= 4 is 15.9 Å². The highest BCUT2D eigenvalue weighted by Gasteiger charge is 2.40. The van der Waals surface area contributed by atoms with E-state index in [0.717, 1.165) is 24.2 Å². The summed E-state index contributed by atoms with van der Waals surface area (Å²) in [5.41, 5.74) is 2.19. The maximum Gasteiger partial charge on any atom is 0.243 e. The molecule has 0 aromatic heterocycles. The van der Waals surface area contributed by atoms with Gasteiger partial charge in [-0.2, -0.15) is 4.31 Å². The van der Waals surface area contributed by atoms with E-state index in [2.05, 4.69) is 10.2 Å². The van der Waals surface area contributed by atoms with Crippen LogP contribution in [0.2, 0.25) is 0 Å². The molecule has 0 radical (unpaired) electrons. The number of benzene rings is 2. The lowest BCUT2D eigenvalue weighted by Crippen LogP contribution is -2.55. The predicted molar refractivity (Wildman–Crippen MR) is 104 cm³/mol.